The summed E-state index contributed by atoms with van der Waals surface area (Å²) in [7, 11) is 0. The fourth-order valence-corrected chi connectivity index (χ4v) is 2.52. The van der Waals surface area contributed by atoms with Gasteiger partial charge in [0, 0.05) is 13.2 Å². The first-order valence-electron chi connectivity index (χ1n) is 8.15. The van der Waals surface area contributed by atoms with E-state index < -0.39 is 6.10 Å². The summed E-state index contributed by atoms with van der Waals surface area (Å²) in [5.74, 6) is 1.13. The molecule has 0 saturated carbocycles. The molecule has 1 aromatic rings. The van der Waals surface area contributed by atoms with E-state index in [1.54, 1.807) is 0 Å². The fourth-order valence-electron chi connectivity index (χ4n) is 2.52. The Labute approximate surface area is 129 Å². The molecule has 2 unspecified atom stereocenters. The van der Waals surface area contributed by atoms with Crippen LogP contribution in [0, 0.1) is 11.8 Å². The van der Waals surface area contributed by atoms with Crippen molar-refractivity contribution in [2.24, 2.45) is 11.8 Å². The number of hydrogen-bond acceptors (Lipinski definition) is 3. The zero-order chi connectivity index (χ0) is 15.7. The molecule has 0 radical (unpaired) electrons. The lowest BCUT2D eigenvalue weighted by Gasteiger charge is -2.17. The van der Waals surface area contributed by atoms with Gasteiger partial charge in [0.15, 0.2) is 0 Å². The first-order chi connectivity index (χ1) is 10.1. The maximum Gasteiger partial charge on any atom is 0.0914 e. The lowest BCUT2D eigenvalue weighted by molar-refractivity contribution is 0.170. The summed E-state index contributed by atoms with van der Waals surface area (Å²) in [5, 5.41) is 22.5. The monoisotopic (exact) mass is 293 g/mol. The van der Waals surface area contributed by atoms with Gasteiger partial charge in [-0.3, -0.25) is 0 Å². The Balaban J connectivity index is 2.39. The molecule has 0 fully saturated rings. The van der Waals surface area contributed by atoms with Crippen molar-refractivity contribution in [2.45, 2.75) is 46.1 Å². The average molecular weight is 293 g/mol. The molecule has 0 aromatic heterocycles. The quantitative estimate of drug-likeness (QED) is 0.622. The predicted molar refractivity (Wildman–Crippen MR) is 88.3 cm³/mol. The molecule has 0 bridgehead atoms. The van der Waals surface area contributed by atoms with Gasteiger partial charge in [0.1, 0.15) is 0 Å². The van der Waals surface area contributed by atoms with Crippen molar-refractivity contribution in [3.63, 3.8) is 0 Å². The summed E-state index contributed by atoms with van der Waals surface area (Å²) in [4.78, 5) is 0. The van der Waals surface area contributed by atoms with Crippen LogP contribution < -0.4 is 5.32 Å². The van der Waals surface area contributed by atoms with Crippen molar-refractivity contribution in [1.29, 1.82) is 0 Å². The van der Waals surface area contributed by atoms with Crippen LogP contribution in [-0.4, -0.2) is 29.9 Å². The van der Waals surface area contributed by atoms with Crippen LogP contribution in [-0.2, 0) is 6.42 Å². The van der Waals surface area contributed by atoms with Gasteiger partial charge in [-0.25, -0.2) is 0 Å². The Morgan fingerprint density at radius 1 is 1.10 bits per heavy atom. The maximum absolute atomic E-state index is 10.2. The van der Waals surface area contributed by atoms with Gasteiger partial charge in [-0.05, 0) is 42.3 Å². The number of aliphatic hydroxyl groups is 2. The van der Waals surface area contributed by atoms with Crippen molar-refractivity contribution in [1.82, 2.24) is 5.32 Å². The van der Waals surface area contributed by atoms with Gasteiger partial charge >= 0.3 is 0 Å². The molecule has 0 aliphatic carbocycles. The van der Waals surface area contributed by atoms with Gasteiger partial charge in [-0.15, -0.1) is 0 Å². The highest BCUT2D eigenvalue weighted by atomic mass is 16.3. The van der Waals surface area contributed by atoms with Crippen LogP contribution in [0.15, 0.2) is 24.3 Å². The average Bonchev–Trinajstić information content (AvgIpc) is 2.46. The molecule has 0 spiro atoms. The second kappa shape index (κ2) is 9.93. The van der Waals surface area contributed by atoms with E-state index in [1.165, 1.54) is 5.56 Å². The molecule has 2 atom stereocenters. The SMILES string of the molecule is CCC(CCO)CNCC(O)c1ccc(CC(C)C)cc1. The molecular formula is C18H31NO2. The molecule has 3 N–H and O–H groups in total. The van der Waals surface area contributed by atoms with Crippen molar-refractivity contribution >= 4 is 0 Å². The van der Waals surface area contributed by atoms with Gasteiger partial charge in [0.2, 0.25) is 0 Å². The van der Waals surface area contributed by atoms with E-state index in [9.17, 15) is 5.11 Å². The van der Waals surface area contributed by atoms with E-state index in [0.717, 1.165) is 31.4 Å². The van der Waals surface area contributed by atoms with E-state index in [2.05, 4.69) is 38.2 Å². The molecule has 1 aromatic carbocycles. The van der Waals surface area contributed by atoms with E-state index in [0.29, 0.717) is 18.4 Å². The van der Waals surface area contributed by atoms with Crippen LogP contribution in [0.3, 0.4) is 0 Å². The molecule has 1 rings (SSSR count). The molecule has 120 valence electrons. The van der Waals surface area contributed by atoms with E-state index in [4.69, 9.17) is 5.11 Å². The second-order valence-corrected chi connectivity index (χ2v) is 6.30. The third-order valence-corrected chi connectivity index (χ3v) is 3.89. The zero-order valence-electron chi connectivity index (χ0n) is 13.7. The predicted octanol–water partition coefficient (Wildman–Crippen LogP) is 2.92. The topological polar surface area (TPSA) is 52.5 Å². The van der Waals surface area contributed by atoms with Crippen molar-refractivity contribution < 1.29 is 10.2 Å². The smallest absolute Gasteiger partial charge is 0.0914 e. The first-order valence-corrected chi connectivity index (χ1v) is 8.15. The zero-order valence-corrected chi connectivity index (χ0v) is 13.7. The highest BCUT2D eigenvalue weighted by Crippen LogP contribution is 2.15. The largest absolute Gasteiger partial charge is 0.396 e. The Morgan fingerprint density at radius 3 is 2.29 bits per heavy atom. The molecule has 0 heterocycles. The van der Waals surface area contributed by atoms with E-state index in [-0.39, 0.29) is 6.61 Å². The Hall–Kier alpha value is -0.900. The van der Waals surface area contributed by atoms with Gasteiger partial charge < -0.3 is 15.5 Å². The highest BCUT2D eigenvalue weighted by Gasteiger charge is 2.10. The summed E-state index contributed by atoms with van der Waals surface area (Å²) in [5.41, 5.74) is 2.29. The molecular weight excluding hydrogens is 262 g/mol. The Morgan fingerprint density at radius 2 is 1.76 bits per heavy atom. The summed E-state index contributed by atoms with van der Waals surface area (Å²) < 4.78 is 0. The number of benzene rings is 1. The van der Waals surface area contributed by atoms with Crippen LogP contribution in [0.2, 0.25) is 0 Å². The van der Waals surface area contributed by atoms with Gasteiger partial charge in [-0.2, -0.15) is 0 Å². The molecule has 3 nitrogen and oxygen atoms in total. The summed E-state index contributed by atoms with van der Waals surface area (Å²) in [6, 6.07) is 8.27. The lowest BCUT2D eigenvalue weighted by Crippen LogP contribution is -2.27. The Bertz CT molecular complexity index is 375. The van der Waals surface area contributed by atoms with Crippen molar-refractivity contribution in [3.8, 4) is 0 Å². The fraction of sp³-hybridized carbons (Fsp3) is 0.667. The minimum Gasteiger partial charge on any atom is -0.396 e. The standard InChI is InChI=1S/C18H31NO2/c1-4-15(9-10-20)12-19-13-18(21)17-7-5-16(6-8-17)11-14(2)3/h5-8,14-15,18-21H,4,9-13H2,1-3H3. The van der Waals surface area contributed by atoms with Crippen molar-refractivity contribution in [3.05, 3.63) is 35.4 Å². The number of rotatable bonds is 10. The minimum atomic E-state index is -0.468. The van der Waals surface area contributed by atoms with Crippen LogP contribution >= 0.6 is 0 Å². The third kappa shape index (κ3) is 7.07. The van der Waals surface area contributed by atoms with E-state index in [1.807, 2.05) is 12.1 Å². The maximum atomic E-state index is 10.2. The van der Waals surface area contributed by atoms with Crippen LogP contribution in [0.1, 0.15) is 50.8 Å². The summed E-state index contributed by atoms with van der Waals surface area (Å²) in [6.07, 6.45) is 2.48. The first kappa shape index (κ1) is 18.1. The third-order valence-electron chi connectivity index (χ3n) is 3.89. The molecule has 0 aliphatic rings. The second-order valence-electron chi connectivity index (χ2n) is 6.30. The van der Waals surface area contributed by atoms with Gasteiger partial charge in [-0.1, -0.05) is 51.5 Å². The molecule has 0 saturated heterocycles. The molecule has 0 amide bonds. The van der Waals surface area contributed by atoms with E-state index >= 15 is 0 Å². The normalized spacial score (nSPS) is 14.4. The molecule has 3 heteroatoms. The molecule has 0 aliphatic heterocycles. The summed E-state index contributed by atoms with van der Waals surface area (Å²) >= 11 is 0. The number of nitrogens with one attached hydrogen (secondary N) is 1. The van der Waals surface area contributed by atoms with Gasteiger partial charge in [0.05, 0.1) is 6.10 Å². The van der Waals surface area contributed by atoms with Gasteiger partial charge in [0.25, 0.3) is 0 Å². The number of hydrogen-bond donors (Lipinski definition) is 3. The van der Waals surface area contributed by atoms with Crippen LogP contribution in [0.25, 0.3) is 0 Å². The Kier molecular flexibility index (Phi) is 8.58. The van der Waals surface area contributed by atoms with Crippen LogP contribution in [0.5, 0.6) is 0 Å². The highest BCUT2D eigenvalue weighted by molar-refractivity contribution is 5.24. The van der Waals surface area contributed by atoms with Crippen molar-refractivity contribution in [2.75, 3.05) is 19.7 Å². The summed E-state index contributed by atoms with van der Waals surface area (Å²) in [6.45, 7) is 8.20. The molecule has 21 heavy (non-hydrogen) atoms. The number of aliphatic hydroxyl groups excluding tert-OH is 2. The van der Waals surface area contributed by atoms with Crippen LogP contribution in [0.4, 0.5) is 0 Å². The lowest BCUT2D eigenvalue weighted by atomic mass is 10.00. The minimum absolute atomic E-state index is 0.236.